The molecule has 180 valence electrons. The van der Waals surface area contributed by atoms with Crippen LogP contribution in [0.15, 0.2) is 43.1 Å². The van der Waals surface area contributed by atoms with Gasteiger partial charge in [-0.15, -0.1) is 0 Å². The maximum Gasteiger partial charge on any atom is 0.316 e. The van der Waals surface area contributed by atoms with E-state index in [1.807, 2.05) is 24.3 Å². The highest BCUT2D eigenvalue weighted by Gasteiger charge is 2.26. The Morgan fingerprint density at radius 1 is 0.882 bits per heavy atom. The molecule has 0 amide bonds. The van der Waals surface area contributed by atoms with Crippen molar-refractivity contribution in [2.24, 2.45) is 5.41 Å². The Bertz CT molecular complexity index is 1230. The molecule has 3 aromatic rings. The minimum atomic E-state index is -0.674. The average molecular weight is 466 g/mol. The Balaban J connectivity index is 2.13. The summed E-state index contributed by atoms with van der Waals surface area (Å²) in [5.74, 6) is 2.16. The molecule has 34 heavy (non-hydrogen) atoms. The van der Waals surface area contributed by atoms with Crippen LogP contribution in [0, 0.1) is 5.41 Å². The fourth-order valence-corrected chi connectivity index (χ4v) is 3.53. The average Bonchev–Trinajstić information content (AvgIpc) is 2.82. The van der Waals surface area contributed by atoms with E-state index in [0.29, 0.717) is 35.0 Å². The fourth-order valence-electron chi connectivity index (χ4n) is 3.53. The number of fused-ring (bicyclic) bond motifs is 1. The summed E-state index contributed by atoms with van der Waals surface area (Å²) >= 11 is 0. The van der Waals surface area contributed by atoms with Gasteiger partial charge in [0, 0.05) is 23.6 Å². The molecule has 0 aliphatic heterocycles. The molecule has 3 rings (SSSR count). The van der Waals surface area contributed by atoms with Crippen molar-refractivity contribution in [1.82, 2.24) is 4.98 Å². The summed E-state index contributed by atoms with van der Waals surface area (Å²) in [6.45, 7) is 9.40. The number of carbonyl (C=O) groups excluding carboxylic acids is 1. The Kier molecular flexibility index (Phi) is 7.35. The molecule has 0 aliphatic rings. The van der Waals surface area contributed by atoms with Crippen molar-refractivity contribution < 1.29 is 28.5 Å². The zero-order valence-corrected chi connectivity index (χ0v) is 20.8. The highest BCUT2D eigenvalue weighted by atomic mass is 16.5. The Hall–Kier alpha value is -3.74. The lowest BCUT2D eigenvalue weighted by Crippen LogP contribution is -2.22. The van der Waals surface area contributed by atoms with Crippen molar-refractivity contribution in [2.45, 2.75) is 27.2 Å². The number of carbonyl (C=O) groups is 1. The van der Waals surface area contributed by atoms with Crippen molar-refractivity contribution in [1.29, 1.82) is 0 Å². The molecule has 7 heteroatoms. The van der Waals surface area contributed by atoms with Gasteiger partial charge in [0.25, 0.3) is 0 Å². The maximum atomic E-state index is 12.5. The van der Waals surface area contributed by atoms with Crippen LogP contribution in [-0.2, 0) is 16.0 Å². The molecule has 1 heterocycles. The predicted molar refractivity (Wildman–Crippen MR) is 132 cm³/mol. The second kappa shape index (κ2) is 10.0. The SMILES string of the molecule is C=C(OC(=O)C(C)(C)C)c1cc(OC)c(OC)cc1Cc1nccc2cc(OC)c(OC)cc12. The van der Waals surface area contributed by atoms with Gasteiger partial charge in [-0.1, -0.05) is 6.58 Å². The standard InChI is InChI=1S/C27H31NO6/c1-16(34-26(29)27(2,3)4)19-14-24(32-7)23(31-6)13-18(19)11-21-20-15-25(33-8)22(30-5)12-17(20)9-10-28-21/h9-10,12-15H,1,11H2,2-8H3. The summed E-state index contributed by atoms with van der Waals surface area (Å²) in [4.78, 5) is 17.2. The number of esters is 1. The van der Waals surface area contributed by atoms with Gasteiger partial charge in [-0.05, 0) is 62.1 Å². The molecule has 0 atom stereocenters. The van der Waals surface area contributed by atoms with Crippen LogP contribution in [0.2, 0.25) is 0 Å². The lowest BCUT2D eigenvalue weighted by Gasteiger charge is -2.20. The van der Waals surface area contributed by atoms with Crippen molar-refractivity contribution in [3.8, 4) is 23.0 Å². The second-order valence-corrected chi connectivity index (χ2v) is 8.79. The summed E-state index contributed by atoms with van der Waals surface area (Å²) in [5.41, 5.74) is 1.59. The Labute approximate surface area is 200 Å². The Morgan fingerprint density at radius 2 is 1.44 bits per heavy atom. The van der Waals surface area contributed by atoms with Crippen LogP contribution < -0.4 is 18.9 Å². The third kappa shape index (κ3) is 5.09. The van der Waals surface area contributed by atoms with Gasteiger partial charge in [0.2, 0.25) is 0 Å². The van der Waals surface area contributed by atoms with Gasteiger partial charge >= 0.3 is 5.97 Å². The van der Waals surface area contributed by atoms with Crippen LogP contribution in [-0.4, -0.2) is 39.4 Å². The summed E-state index contributed by atoms with van der Waals surface area (Å²) in [5, 5.41) is 1.88. The van der Waals surface area contributed by atoms with E-state index in [9.17, 15) is 4.79 Å². The molecule has 0 N–H and O–H groups in total. The van der Waals surface area contributed by atoms with E-state index in [1.54, 1.807) is 61.5 Å². The van der Waals surface area contributed by atoms with E-state index in [0.717, 1.165) is 22.0 Å². The van der Waals surface area contributed by atoms with Crippen molar-refractivity contribution >= 4 is 22.5 Å². The largest absolute Gasteiger partial charge is 0.493 e. The number of hydrogen-bond acceptors (Lipinski definition) is 7. The monoisotopic (exact) mass is 465 g/mol. The molecule has 0 fully saturated rings. The zero-order valence-electron chi connectivity index (χ0n) is 20.8. The van der Waals surface area contributed by atoms with Crippen LogP contribution in [0.5, 0.6) is 23.0 Å². The Morgan fingerprint density at radius 3 is 2.03 bits per heavy atom. The van der Waals surface area contributed by atoms with E-state index in [4.69, 9.17) is 23.7 Å². The van der Waals surface area contributed by atoms with E-state index in [-0.39, 0.29) is 11.7 Å². The minimum absolute atomic E-state index is 0.232. The molecular weight excluding hydrogens is 434 g/mol. The first-order valence-electron chi connectivity index (χ1n) is 10.8. The van der Waals surface area contributed by atoms with Gasteiger partial charge in [-0.3, -0.25) is 9.78 Å². The molecule has 0 aliphatic carbocycles. The fraction of sp³-hybridized carbons (Fsp3) is 0.333. The first-order valence-corrected chi connectivity index (χ1v) is 10.8. The highest BCUT2D eigenvalue weighted by molar-refractivity contribution is 5.88. The lowest BCUT2D eigenvalue weighted by molar-refractivity contribution is -0.145. The summed E-state index contributed by atoms with van der Waals surface area (Å²) < 4.78 is 27.5. The van der Waals surface area contributed by atoms with Gasteiger partial charge in [-0.25, -0.2) is 0 Å². The van der Waals surface area contributed by atoms with Gasteiger partial charge in [0.15, 0.2) is 23.0 Å². The van der Waals surface area contributed by atoms with E-state index >= 15 is 0 Å². The molecule has 0 bridgehead atoms. The molecule has 0 saturated carbocycles. The van der Waals surface area contributed by atoms with Gasteiger partial charge in [-0.2, -0.15) is 0 Å². The molecular formula is C27H31NO6. The molecule has 0 saturated heterocycles. The summed E-state index contributed by atoms with van der Waals surface area (Å²) in [7, 11) is 6.33. The molecule has 1 aromatic heterocycles. The molecule has 0 spiro atoms. The summed E-state index contributed by atoms with van der Waals surface area (Å²) in [6.07, 6.45) is 2.17. The number of pyridine rings is 1. The van der Waals surface area contributed by atoms with E-state index in [2.05, 4.69) is 11.6 Å². The number of ether oxygens (including phenoxy) is 5. The van der Waals surface area contributed by atoms with E-state index in [1.165, 1.54) is 0 Å². The lowest BCUT2D eigenvalue weighted by atomic mass is 9.96. The number of rotatable bonds is 8. The van der Waals surface area contributed by atoms with Crippen LogP contribution in [0.4, 0.5) is 0 Å². The number of hydrogen-bond donors (Lipinski definition) is 0. The second-order valence-electron chi connectivity index (χ2n) is 8.79. The van der Waals surface area contributed by atoms with Gasteiger partial charge < -0.3 is 23.7 Å². The number of aromatic nitrogens is 1. The molecule has 7 nitrogen and oxygen atoms in total. The van der Waals surface area contributed by atoms with Crippen molar-refractivity contribution in [3.05, 3.63) is 59.9 Å². The van der Waals surface area contributed by atoms with Crippen molar-refractivity contribution in [3.63, 3.8) is 0 Å². The zero-order chi connectivity index (χ0) is 25.0. The minimum Gasteiger partial charge on any atom is -0.493 e. The first-order chi connectivity index (χ1) is 16.1. The molecule has 0 radical (unpaired) electrons. The quantitative estimate of drug-likeness (QED) is 0.325. The normalized spacial score (nSPS) is 11.1. The van der Waals surface area contributed by atoms with Gasteiger partial charge in [0.05, 0.1) is 39.5 Å². The topological polar surface area (TPSA) is 76.1 Å². The smallest absolute Gasteiger partial charge is 0.316 e. The van der Waals surface area contributed by atoms with E-state index < -0.39 is 5.41 Å². The van der Waals surface area contributed by atoms with Gasteiger partial charge in [0.1, 0.15) is 5.76 Å². The highest BCUT2D eigenvalue weighted by Crippen LogP contribution is 2.37. The van der Waals surface area contributed by atoms with Crippen LogP contribution >= 0.6 is 0 Å². The first kappa shape index (κ1) is 24.9. The molecule has 0 unspecified atom stereocenters. The van der Waals surface area contributed by atoms with Crippen LogP contribution in [0.1, 0.15) is 37.6 Å². The maximum absolute atomic E-state index is 12.5. The third-order valence-corrected chi connectivity index (χ3v) is 5.45. The van der Waals surface area contributed by atoms with Crippen molar-refractivity contribution in [2.75, 3.05) is 28.4 Å². The summed E-state index contributed by atoms with van der Waals surface area (Å²) in [6, 6.07) is 9.36. The predicted octanol–water partition coefficient (Wildman–Crippen LogP) is 5.42. The number of nitrogens with zero attached hydrogens (tertiary/aromatic N) is 1. The number of benzene rings is 2. The van der Waals surface area contributed by atoms with Crippen LogP contribution in [0.3, 0.4) is 0 Å². The number of methoxy groups -OCH3 is 4. The third-order valence-electron chi connectivity index (χ3n) is 5.45. The molecule has 2 aromatic carbocycles. The van der Waals surface area contributed by atoms with Crippen LogP contribution in [0.25, 0.3) is 16.5 Å².